The SMILES string of the molecule is Cc1cc(Cl)c(C)c(S(=O)(=O)NC2CC2N)c1Cl. The van der Waals surface area contributed by atoms with Gasteiger partial charge in [-0.15, -0.1) is 0 Å². The van der Waals surface area contributed by atoms with Crippen molar-refractivity contribution in [2.45, 2.75) is 37.2 Å². The van der Waals surface area contributed by atoms with Crippen LogP contribution >= 0.6 is 23.2 Å². The molecule has 0 radical (unpaired) electrons. The van der Waals surface area contributed by atoms with E-state index < -0.39 is 10.0 Å². The van der Waals surface area contributed by atoms with Crippen molar-refractivity contribution < 1.29 is 8.42 Å². The summed E-state index contributed by atoms with van der Waals surface area (Å²) in [5.74, 6) is 0. The van der Waals surface area contributed by atoms with Gasteiger partial charge in [-0.2, -0.15) is 0 Å². The van der Waals surface area contributed by atoms with Crippen molar-refractivity contribution in [1.29, 1.82) is 0 Å². The zero-order valence-electron chi connectivity index (χ0n) is 10.00. The first-order valence-electron chi connectivity index (χ1n) is 5.47. The molecule has 2 rings (SSSR count). The predicted molar refractivity (Wildman–Crippen MR) is 72.6 cm³/mol. The van der Waals surface area contributed by atoms with E-state index in [1.54, 1.807) is 19.9 Å². The van der Waals surface area contributed by atoms with Crippen LogP contribution in [0.2, 0.25) is 10.0 Å². The minimum Gasteiger partial charge on any atom is -0.326 e. The summed E-state index contributed by atoms with van der Waals surface area (Å²) in [6.45, 7) is 3.35. The third kappa shape index (κ3) is 2.51. The molecular formula is C11H14Cl2N2O2S. The van der Waals surface area contributed by atoms with Crippen LogP contribution in [0.25, 0.3) is 0 Å². The van der Waals surface area contributed by atoms with Crippen molar-refractivity contribution in [1.82, 2.24) is 4.72 Å². The van der Waals surface area contributed by atoms with Crippen molar-refractivity contribution in [3.05, 3.63) is 27.2 Å². The molecule has 0 heterocycles. The smallest absolute Gasteiger partial charge is 0.242 e. The Labute approximate surface area is 117 Å². The Morgan fingerprint density at radius 2 is 1.94 bits per heavy atom. The van der Waals surface area contributed by atoms with E-state index in [4.69, 9.17) is 28.9 Å². The van der Waals surface area contributed by atoms with Crippen molar-refractivity contribution >= 4 is 33.2 Å². The van der Waals surface area contributed by atoms with Crippen molar-refractivity contribution in [2.24, 2.45) is 5.73 Å². The number of nitrogens with two attached hydrogens (primary N) is 1. The number of benzene rings is 1. The maximum absolute atomic E-state index is 12.3. The molecule has 1 fully saturated rings. The fraction of sp³-hybridized carbons (Fsp3) is 0.455. The third-order valence-electron chi connectivity index (χ3n) is 3.00. The van der Waals surface area contributed by atoms with Crippen molar-refractivity contribution in [3.8, 4) is 0 Å². The second kappa shape index (κ2) is 4.65. The molecule has 1 aliphatic carbocycles. The molecule has 100 valence electrons. The van der Waals surface area contributed by atoms with Crippen LogP contribution in [0.15, 0.2) is 11.0 Å². The van der Waals surface area contributed by atoms with E-state index >= 15 is 0 Å². The summed E-state index contributed by atoms with van der Waals surface area (Å²) < 4.78 is 27.1. The molecule has 18 heavy (non-hydrogen) atoms. The second-order valence-corrected chi connectivity index (χ2v) is 7.01. The van der Waals surface area contributed by atoms with Crippen LogP contribution in [0.5, 0.6) is 0 Å². The van der Waals surface area contributed by atoms with E-state index in [0.29, 0.717) is 22.6 Å². The monoisotopic (exact) mass is 308 g/mol. The van der Waals surface area contributed by atoms with E-state index in [1.807, 2.05) is 0 Å². The molecule has 0 saturated heterocycles. The van der Waals surface area contributed by atoms with Gasteiger partial charge in [-0.05, 0) is 37.5 Å². The molecule has 1 aliphatic rings. The minimum absolute atomic E-state index is 0.0493. The molecule has 4 nitrogen and oxygen atoms in total. The Kier molecular flexibility index (Phi) is 3.64. The second-order valence-electron chi connectivity index (χ2n) is 4.57. The minimum atomic E-state index is -3.68. The van der Waals surface area contributed by atoms with Gasteiger partial charge >= 0.3 is 0 Å². The van der Waals surface area contributed by atoms with Crippen molar-refractivity contribution in [2.75, 3.05) is 0 Å². The molecule has 2 unspecified atom stereocenters. The highest BCUT2D eigenvalue weighted by Crippen LogP contribution is 2.34. The Bertz CT molecular complexity index is 575. The van der Waals surface area contributed by atoms with E-state index in [9.17, 15) is 8.42 Å². The normalized spacial score (nSPS) is 23.2. The van der Waals surface area contributed by atoms with E-state index in [-0.39, 0.29) is 22.0 Å². The first-order valence-corrected chi connectivity index (χ1v) is 7.71. The van der Waals surface area contributed by atoms with Gasteiger partial charge in [-0.1, -0.05) is 23.2 Å². The zero-order chi connectivity index (χ0) is 13.7. The number of rotatable bonds is 3. The number of nitrogens with one attached hydrogen (secondary N) is 1. The molecule has 1 saturated carbocycles. The fourth-order valence-corrected chi connectivity index (χ4v) is 4.25. The van der Waals surface area contributed by atoms with Crippen LogP contribution in [-0.4, -0.2) is 20.5 Å². The molecule has 3 N–H and O–H groups in total. The molecule has 2 atom stereocenters. The molecule has 0 amide bonds. The van der Waals surface area contributed by atoms with Gasteiger partial charge in [0.1, 0.15) is 4.90 Å². The number of aryl methyl sites for hydroxylation is 1. The summed E-state index contributed by atoms with van der Waals surface area (Å²) in [7, 11) is -3.68. The van der Waals surface area contributed by atoms with Gasteiger partial charge in [0.2, 0.25) is 10.0 Å². The summed E-state index contributed by atoms with van der Waals surface area (Å²) in [4.78, 5) is 0.0493. The zero-order valence-corrected chi connectivity index (χ0v) is 12.3. The van der Waals surface area contributed by atoms with Gasteiger partial charge < -0.3 is 5.73 Å². The third-order valence-corrected chi connectivity index (χ3v) is 5.66. The first kappa shape index (κ1) is 14.1. The lowest BCUT2D eigenvalue weighted by Crippen LogP contribution is -2.30. The first-order chi connectivity index (χ1) is 8.24. The average molecular weight is 309 g/mol. The molecule has 0 bridgehead atoms. The molecule has 7 heteroatoms. The van der Waals surface area contributed by atoms with Crippen LogP contribution in [0.4, 0.5) is 0 Å². The van der Waals surface area contributed by atoms with E-state index in [1.165, 1.54) is 0 Å². The predicted octanol–water partition coefficient (Wildman–Crippen LogP) is 1.99. The van der Waals surface area contributed by atoms with Gasteiger partial charge in [0.25, 0.3) is 0 Å². The maximum Gasteiger partial charge on any atom is 0.242 e. The highest BCUT2D eigenvalue weighted by molar-refractivity contribution is 7.89. The molecule has 1 aromatic rings. The van der Waals surface area contributed by atoms with E-state index in [0.717, 1.165) is 0 Å². The standard InChI is InChI=1S/C11H14Cl2N2O2S/c1-5-3-7(12)6(2)11(10(5)13)18(16,17)15-9-4-8(9)14/h3,8-9,15H,4,14H2,1-2H3. The van der Waals surface area contributed by atoms with Crippen LogP contribution in [0.1, 0.15) is 17.5 Å². The summed E-state index contributed by atoms with van der Waals surface area (Å²) >= 11 is 12.1. The Morgan fingerprint density at radius 3 is 2.44 bits per heavy atom. The Balaban J connectivity index is 2.50. The molecular weight excluding hydrogens is 295 g/mol. The van der Waals surface area contributed by atoms with Gasteiger partial charge in [0.05, 0.1) is 5.02 Å². The molecule has 0 aromatic heterocycles. The van der Waals surface area contributed by atoms with Crippen molar-refractivity contribution in [3.63, 3.8) is 0 Å². The van der Waals surface area contributed by atoms with Crippen LogP contribution in [0, 0.1) is 13.8 Å². The fourth-order valence-electron chi connectivity index (χ4n) is 1.74. The lowest BCUT2D eigenvalue weighted by molar-refractivity contribution is 0.579. The highest BCUT2D eigenvalue weighted by atomic mass is 35.5. The molecule has 0 spiro atoms. The van der Waals surface area contributed by atoms with Crippen LogP contribution < -0.4 is 10.5 Å². The van der Waals surface area contributed by atoms with Gasteiger partial charge in [-0.25, -0.2) is 13.1 Å². The largest absolute Gasteiger partial charge is 0.326 e. The summed E-state index contributed by atoms with van der Waals surface area (Å²) in [5.41, 5.74) is 6.69. The number of hydrogen-bond acceptors (Lipinski definition) is 3. The van der Waals surface area contributed by atoms with Gasteiger partial charge in [-0.3, -0.25) is 0 Å². The lowest BCUT2D eigenvalue weighted by Gasteiger charge is -2.13. The van der Waals surface area contributed by atoms with Crippen LogP contribution in [0.3, 0.4) is 0 Å². The van der Waals surface area contributed by atoms with Crippen LogP contribution in [-0.2, 0) is 10.0 Å². The number of hydrogen-bond donors (Lipinski definition) is 2. The van der Waals surface area contributed by atoms with Gasteiger partial charge in [0, 0.05) is 17.1 Å². The van der Waals surface area contributed by atoms with E-state index in [2.05, 4.69) is 4.72 Å². The summed E-state index contributed by atoms with van der Waals surface area (Å²) in [6.07, 6.45) is 0.648. The average Bonchev–Trinajstić information content (AvgIpc) is 2.90. The van der Waals surface area contributed by atoms with Gasteiger partial charge in [0.15, 0.2) is 0 Å². The number of sulfonamides is 1. The highest BCUT2D eigenvalue weighted by Gasteiger charge is 2.38. The summed E-state index contributed by atoms with van der Waals surface area (Å²) in [6, 6.07) is 1.34. The lowest BCUT2D eigenvalue weighted by atomic mass is 10.2. The Morgan fingerprint density at radius 1 is 1.39 bits per heavy atom. The molecule has 0 aliphatic heterocycles. The molecule has 1 aromatic carbocycles. The summed E-state index contributed by atoms with van der Waals surface area (Å²) in [5, 5.41) is 0.594. The quantitative estimate of drug-likeness (QED) is 0.897. The Hall–Kier alpha value is -0.330. The topological polar surface area (TPSA) is 72.2 Å². The maximum atomic E-state index is 12.3. The number of halogens is 2.